The molecule has 3 nitrogen and oxygen atoms in total. The van der Waals surface area contributed by atoms with Gasteiger partial charge in [-0.05, 0) is 49.2 Å². The van der Waals surface area contributed by atoms with Gasteiger partial charge in [0, 0.05) is 18.4 Å². The third kappa shape index (κ3) is 2.90. The lowest BCUT2D eigenvalue weighted by atomic mass is 10.2. The van der Waals surface area contributed by atoms with E-state index in [1.807, 2.05) is 30.9 Å². The molecule has 0 atom stereocenters. The predicted molar refractivity (Wildman–Crippen MR) is 74.0 cm³/mol. The van der Waals surface area contributed by atoms with Crippen molar-refractivity contribution in [1.29, 1.82) is 0 Å². The van der Waals surface area contributed by atoms with Crippen molar-refractivity contribution in [2.75, 3.05) is 11.4 Å². The van der Waals surface area contributed by atoms with Gasteiger partial charge in [0.25, 0.3) is 0 Å². The van der Waals surface area contributed by atoms with E-state index in [9.17, 15) is 4.39 Å². The Hall–Kier alpha value is -1.94. The minimum absolute atomic E-state index is 0.0276. The van der Waals surface area contributed by atoms with Gasteiger partial charge >= 0.3 is 0 Å². The lowest BCUT2D eigenvalue weighted by molar-refractivity contribution is 0.281. The first-order valence-electron chi connectivity index (χ1n) is 6.25. The van der Waals surface area contributed by atoms with Crippen LogP contribution in [0.3, 0.4) is 0 Å². The first-order chi connectivity index (χ1) is 9.15. The molecule has 0 saturated carbocycles. The fourth-order valence-electron chi connectivity index (χ4n) is 2.09. The summed E-state index contributed by atoms with van der Waals surface area (Å²) in [7, 11) is 0. The highest BCUT2D eigenvalue weighted by Gasteiger charge is 2.12. The molecule has 19 heavy (non-hydrogen) atoms. The average molecular weight is 260 g/mol. The summed E-state index contributed by atoms with van der Waals surface area (Å²) < 4.78 is 13.3. The first kappa shape index (κ1) is 13.5. The van der Waals surface area contributed by atoms with Crippen LogP contribution in [0, 0.1) is 12.7 Å². The van der Waals surface area contributed by atoms with Crippen LogP contribution >= 0.6 is 0 Å². The summed E-state index contributed by atoms with van der Waals surface area (Å²) in [6.07, 6.45) is 1.64. The highest BCUT2D eigenvalue weighted by Crippen LogP contribution is 2.27. The third-order valence-electron chi connectivity index (χ3n) is 2.98. The number of pyridine rings is 1. The van der Waals surface area contributed by atoms with E-state index in [2.05, 4.69) is 4.98 Å². The Labute approximate surface area is 112 Å². The van der Waals surface area contributed by atoms with Crippen LogP contribution in [-0.2, 0) is 6.61 Å². The van der Waals surface area contributed by atoms with Crippen LogP contribution in [0.2, 0.25) is 0 Å². The molecule has 0 aliphatic carbocycles. The van der Waals surface area contributed by atoms with E-state index in [0.29, 0.717) is 6.54 Å². The zero-order valence-electron chi connectivity index (χ0n) is 11.1. The summed E-state index contributed by atoms with van der Waals surface area (Å²) >= 11 is 0. The van der Waals surface area contributed by atoms with Crippen LogP contribution in [0.25, 0.3) is 0 Å². The summed E-state index contributed by atoms with van der Waals surface area (Å²) in [6, 6.07) is 8.35. The number of anilines is 2. The predicted octanol–water partition coefficient (Wildman–Crippen LogP) is 3.18. The maximum atomic E-state index is 13.3. The third-order valence-corrected chi connectivity index (χ3v) is 2.98. The Morgan fingerprint density at radius 1 is 1.32 bits per heavy atom. The highest BCUT2D eigenvalue weighted by atomic mass is 19.1. The van der Waals surface area contributed by atoms with Gasteiger partial charge in [-0.2, -0.15) is 0 Å². The second kappa shape index (κ2) is 5.80. The van der Waals surface area contributed by atoms with Gasteiger partial charge in [0.1, 0.15) is 11.6 Å². The van der Waals surface area contributed by atoms with Crippen molar-refractivity contribution in [3.63, 3.8) is 0 Å². The van der Waals surface area contributed by atoms with Crippen molar-refractivity contribution in [2.45, 2.75) is 20.5 Å². The summed E-state index contributed by atoms with van der Waals surface area (Å²) in [6.45, 7) is 4.59. The number of halogens is 1. The molecule has 0 fully saturated rings. The minimum atomic E-state index is -0.263. The van der Waals surface area contributed by atoms with E-state index in [1.165, 1.54) is 12.1 Å². The number of hydrogen-bond acceptors (Lipinski definition) is 3. The molecule has 1 heterocycles. The molecule has 2 rings (SSSR count). The zero-order valence-corrected chi connectivity index (χ0v) is 11.1. The Morgan fingerprint density at radius 2 is 2.11 bits per heavy atom. The number of aliphatic hydroxyl groups is 1. The van der Waals surface area contributed by atoms with Crippen LogP contribution in [0.5, 0.6) is 0 Å². The van der Waals surface area contributed by atoms with Crippen LogP contribution < -0.4 is 4.90 Å². The van der Waals surface area contributed by atoms with E-state index in [1.54, 1.807) is 12.3 Å². The van der Waals surface area contributed by atoms with Gasteiger partial charge in [0.05, 0.1) is 6.61 Å². The van der Waals surface area contributed by atoms with Gasteiger partial charge in [-0.3, -0.25) is 0 Å². The minimum Gasteiger partial charge on any atom is -0.392 e. The van der Waals surface area contributed by atoms with E-state index in [0.717, 1.165) is 22.6 Å². The quantitative estimate of drug-likeness (QED) is 0.917. The molecule has 1 N–H and O–H groups in total. The Morgan fingerprint density at radius 3 is 2.68 bits per heavy atom. The van der Waals surface area contributed by atoms with Crippen LogP contribution in [0.15, 0.2) is 36.5 Å². The molecule has 0 spiro atoms. The number of aromatic nitrogens is 1. The molecule has 2 aromatic rings. The van der Waals surface area contributed by atoms with Gasteiger partial charge in [-0.1, -0.05) is 6.07 Å². The SMILES string of the molecule is CCN(c1cccc(F)c1)c1ncc(CO)cc1C. The second-order valence-electron chi connectivity index (χ2n) is 4.37. The number of rotatable bonds is 4. The summed E-state index contributed by atoms with van der Waals surface area (Å²) in [5.41, 5.74) is 2.50. The number of nitrogens with zero attached hydrogens (tertiary/aromatic N) is 2. The maximum absolute atomic E-state index is 13.3. The largest absolute Gasteiger partial charge is 0.392 e. The smallest absolute Gasteiger partial charge is 0.135 e. The van der Waals surface area contributed by atoms with Gasteiger partial charge in [0.15, 0.2) is 0 Å². The van der Waals surface area contributed by atoms with Crippen LogP contribution in [0.4, 0.5) is 15.9 Å². The normalized spacial score (nSPS) is 10.5. The van der Waals surface area contributed by atoms with Crippen molar-refractivity contribution < 1.29 is 9.50 Å². The zero-order chi connectivity index (χ0) is 13.8. The van der Waals surface area contributed by atoms with E-state index >= 15 is 0 Å². The van der Waals surface area contributed by atoms with Crippen LogP contribution in [-0.4, -0.2) is 16.6 Å². The maximum Gasteiger partial charge on any atom is 0.135 e. The van der Waals surface area contributed by atoms with Crippen LogP contribution in [0.1, 0.15) is 18.1 Å². The summed E-state index contributed by atoms with van der Waals surface area (Å²) in [5.74, 6) is 0.519. The molecule has 0 aliphatic rings. The van der Waals surface area contributed by atoms with Crippen molar-refractivity contribution >= 4 is 11.5 Å². The number of hydrogen-bond donors (Lipinski definition) is 1. The summed E-state index contributed by atoms with van der Waals surface area (Å²) in [5, 5.41) is 9.10. The molecule has 0 aliphatic heterocycles. The molecular weight excluding hydrogens is 243 g/mol. The molecule has 0 saturated heterocycles. The number of aryl methyl sites for hydroxylation is 1. The van der Waals surface area contributed by atoms with E-state index in [-0.39, 0.29) is 12.4 Å². The molecule has 0 amide bonds. The van der Waals surface area contributed by atoms with Crippen molar-refractivity contribution in [3.8, 4) is 0 Å². The molecule has 1 aromatic heterocycles. The monoisotopic (exact) mass is 260 g/mol. The second-order valence-corrected chi connectivity index (χ2v) is 4.37. The highest BCUT2D eigenvalue weighted by molar-refractivity contribution is 5.62. The van der Waals surface area contributed by atoms with E-state index in [4.69, 9.17) is 5.11 Å². The average Bonchev–Trinajstić information content (AvgIpc) is 2.41. The van der Waals surface area contributed by atoms with Gasteiger partial charge in [-0.15, -0.1) is 0 Å². The standard InChI is InChI=1S/C15H17FN2O/c1-3-18(14-6-4-5-13(16)8-14)15-11(2)7-12(10-19)9-17-15/h4-9,19H,3,10H2,1-2H3. The molecule has 100 valence electrons. The first-order valence-corrected chi connectivity index (χ1v) is 6.25. The van der Waals surface area contributed by atoms with Crippen molar-refractivity contribution in [1.82, 2.24) is 4.98 Å². The molecule has 0 unspecified atom stereocenters. The number of benzene rings is 1. The van der Waals surface area contributed by atoms with Gasteiger partial charge < -0.3 is 10.0 Å². The Bertz CT molecular complexity index is 572. The van der Waals surface area contributed by atoms with Crippen molar-refractivity contribution in [2.24, 2.45) is 0 Å². The van der Waals surface area contributed by atoms with Crippen molar-refractivity contribution in [3.05, 3.63) is 53.5 Å². The fraction of sp³-hybridized carbons (Fsp3) is 0.267. The lowest BCUT2D eigenvalue weighted by Gasteiger charge is -2.24. The Balaban J connectivity index is 2.42. The Kier molecular flexibility index (Phi) is 4.12. The van der Waals surface area contributed by atoms with E-state index < -0.39 is 0 Å². The van der Waals surface area contributed by atoms with Gasteiger partial charge in [-0.25, -0.2) is 9.37 Å². The number of aliphatic hydroxyl groups excluding tert-OH is 1. The molecule has 4 heteroatoms. The topological polar surface area (TPSA) is 36.4 Å². The molecule has 1 aromatic carbocycles. The lowest BCUT2D eigenvalue weighted by Crippen LogP contribution is -2.18. The molecular formula is C15H17FN2O. The molecule has 0 bridgehead atoms. The van der Waals surface area contributed by atoms with Gasteiger partial charge in [0.2, 0.25) is 0 Å². The summed E-state index contributed by atoms with van der Waals surface area (Å²) in [4.78, 5) is 6.31. The molecule has 0 radical (unpaired) electrons. The fourth-order valence-corrected chi connectivity index (χ4v) is 2.09.